The summed E-state index contributed by atoms with van der Waals surface area (Å²) in [7, 11) is -3.97. The molecule has 180 valence electrons. The largest absolute Gasteiger partial charge is 0.494 e. The van der Waals surface area contributed by atoms with Crippen molar-refractivity contribution in [2.45, 2.75) is 45.1 Å². The lowest BCUT2D eigenvalue weighted by Crippen LogP contribution is -2.42. The molecule has 6 nitrogen and oxygen atoms in total. The van der Waals surface area contributed by atoms with Gasteiger partial charge in [-0.25, -0.2) is 8.42 Å². The molecular weight excluding hydrogens is 448 g/mol. The lowest BCUT2D eigenvalue weighted by Gasteiger charge is -2.26. The fraction of sp³-hybridized carbons (Fsp3) is 0.296. The number of amides is 1. The molecule has 0 aromatic heterocycles. The highest BCUT2D eigenvalue weighted by Gasteiger charge is 2.28. The maximum atomic E-state index is 13.6. The zero-order chi connectivity index (χ0) is 24.7. The fourth-order valence-corrected chi connectivity index (χ4v) is 5.04. The summed E-state index contributed by atoms with van der Waals surface area (Å²) < 4.78 is 33.8. The van der Waals surface area contributed by atoms with Gasteiger partial charge >= 0.3 is 0 Å². The van der Waals surface area contributed by atoms with Crippen LogP contribution in [0.2, 0.25) is 0 Å². The Morgan fingerprint density at radius 1 is 0.882 bits per heavy atom. The number of hydrogen-bond donors (Lipinski definition) is 1. The number of nitrogens with zero attached hydrogens (tertiary/aromatic N) is 1. The third-order valence-electron chi connectivity index (χ3n) is 5.56. The van der Waals surface area contributed by atoms with Gasteiger partial charge in [-0.1, -0.05) is 54.4 Å². The van der Waals surface area contributed by atoms with Crippen molar-refractivity contribution in [2.75, 3.05) is 17.5 Å². The Balaban J connectivity index is 1.90. The van der Waals surface area contributed by atoms with E-state index < -0.39 is 10.0 Å². The van der Waals surface area contributed by atoms with Gasteiger partial charge in [0.05, 0.1) is 23.2 Å². The van der Waals surface area contributed by atoms with Crippen LogP contribution < -0.4 is 14.4 Å². The second kappa shape index (κ2) is 11.2. The van der Waals surface area contributed by atoms with Gasteiger partial charge in [0.15, 0.2) is 0 Å². The molecule has 0 saturated carbocycles. The summed E-state index contributed by atoms with van der Waals surface area (Å²) in [5.74, 6) is 0.255. The molecular formula is C27H32N2O4S. The Labute approximate surface area is 202 Å². The quantitative estimate of drug-likeness (QED) is 0.435. The van der Waals surface area contributed by atoms with Crippen molar-refractivity contribution in [1.29, 1.82) is 0 Å². The minimum absolute atomic E-state index is 0.130. The van der Waals surface area contributed by atoms with Crippen LogP contribution in [0.15, 0.2) is 77.7 Å². The Morgan fingerprint density at radius 2 is 1.44 bits per heavy atom. The summed E-state index contributed by atoms with van der Waals surface area (Å²) in [6.45, 7) is 7.93. The highest BCUT2D eigenvalue weighted by Crippen LogP contribution is 2.26. The van der Waals surface area contributed by atoms with E-state index in [2.05, 4.69) is 5.32 Å². The summed E-state index contributed by atoms with van der Waals surface area (Å²) >= 11 is 0. The molecule has 3 aromatic carbocycles. The van der Waals surface area contributed by atoms with Crippen LogP contribution in [0.1, 0.15) is 43.0 Å². The first-order valence-corrected chi connectivity index (χ1v) is 12.9. The summed E-state index contributed by atoms with van der Waals surface area (Å²) in [5, 5.41) is 3.00. The van der Waals surface area contributed by atoms with Crippen LogP contribution in [0, 0.1) is 13.8 Å². The van der Waals surface area contributed by atoms with E-state index in [1.807, 2.05) is 52.0 Å². The summed E-state index contributed by atoms with van der Waals surface area (Å²) in [6, 6.07) is 21.1. The SMILES string of the molecule is CCOc1ccc(N(CC(=O)NC(CC)c2ccc(C)cc2)S(=O)(=O)c2ccc(C)cc2)cc1. The number of benzene rings is 3. The molecule has 0 aliphatic heterocycles. The number of carbonyl (C=O) groups excluding carboxylic acids is 1. The van der Waals surface area contributed by atoms with Crippen molar-refractivity contribution >= 4 is 21.6 Å². The zero-order valence-corrected chi connectivity index (χ0v) is 20.9. The topological polar surface area (TPSA) is 75.7 Å². The number of nitrogens with one attached hydrogen (secondary N) is 1. The number of anilines is 1. The molecule has 3 aromatic rings. The van der Waals surface area contributed by atoms with Gasteiger partial charge in [-0.05, 0) is 69.2 Å². The molecule has 1 atom stereocenters. The van der Waals surface area contributed by atoms with E-state index in [1.54, 1.807) is 48.5 Å². The van der Waals surface area contributed by atoms with Crippen LogP contribution in [-0.2, 0) is 14.8 Å². The molecule has 1 amide bonds. The molecule has 1 unspecified atom stereocenters. The number of aryl methyl sites for hydroxylation is 2. The van der Waals surface area contributed by atoms with Gasteiger partial charge in [0, 0.05) is 0 Å². The van der Waals surface area contributed by atoms with Crippen molar-refractivity contribution in [3.8, 4) is 5.75 Å². The van der Waals surface area contributed by atoms with E-state index in [0.29, 0.717) is 24.5 Å². The predicted octanol–water partition coefficient (Wildman–Crippen LogP) is 5.16. The molecule has 0 aliphatic carbocycles. The van der Waals surface area contributed by atoms with Crippen molar-refractivity contribution in [2.24, 2.45) is 0 Å². The number of rotatable bonds is 10. The third kappa shape index (κ3) is 6.17. The average Bonchev–Trinajstić information content (AvgIpc) is 2.83. The van der Waals surface area contributed by atoms with Crippen molar-refractivity contribution in [3.05, 3.63) is 89.5 Å². The van der Waals surface area contributed by atoms with Crippen LogP contribution >= 0.6 is 0 Å². The highest BCUT2D eigenvalue weighted by molar-refractivity contribution is 7.92. The Hall–Kier alpha value is -3.32. The van der Waals surface area contributed by atoms with Crippen molar-refractivity contribution in [1.82, 2.24) is 5.32 Å². The summed E-state index contributed by atoms with van der Waals surface area (Å²) in [4.78, 5) is 13.2. The summed E-state index contributed by atoms with van der Waals surface area (Å²) in [5.41, 5.74) is 3.46. The lowest BCUT2D eigenvalue weighted by atomic mass is 10.0. The van der Waals surface area contributed by atoms with Crippen LogP contribution in [0.25, 0.3) is 0 Å². The Kier molecular flexibility index (Phi) is 8.34. The van der Waals surface area contributed by atoms with Crippen LogP contribution in [0.3, 0.4) is 0 Å². The van der Waals surface area contributed by atoms with E-state index in [0.717, 1.165) is 21.0 Å². The maximum Gasteiger partial charge on any atom is 0.264 e. The van der Waals surface area contributed by atoms with Gasteiger partial charge in [0.2, 0.25) is 5.91 Å². The van der Waals surface area contributed by atoms with Gasteiger partial charge in [0.1, 0.15) is 12.3 Å². The normalized spacial score (nSPS) is 12.1. The fourth-order valence-electron chi connectivity index (χ4n) is 3.62. The smallest absolute Gasteiger partial charge is 0.264 e. The molecule has 1 N–H and O–H groups in total. The first-order chi connectivity index (χ1) is 16.2. The molecule has 0 heterocycles. The van der Waals surface area contributed by atoms with E-state index in [-0.39, 0.29) is 23.4 Å². The highest BCUT2D eigenvalue weighted by atomic mass is 32.2. The lowest BCUT2D eigenvalue weighted by molar-refractivity contribution is -0.120. The van der Waals surface area contributed by atoms with E-state index in [1.165, 1.54) is 0 Å². The predicted molar refractivity (Wildman–Crippen MR) is 136 cm³/mol. The number of ether oxygens (including phenoxy) is 1. The number of carbonyl (C=O) groups is 1. The molecule has 0 fully saturated rings. The maximum absolute atomic E-state index is 13.6. The molecule has 0 saturated heterocycles. The van der Waals surface area contributed by atoms with Gasteiger partial charge in [-0.15, -0.1) is 0 Å². The second-order valence-corrected chi connectivity index (χ2v) is 10.1. The van der Waals surface area contributed by atoms with Gasteiger partial charge in [0.25, 0.3) is 10.0 Å². The van der Waals surface area contributed by atoms with Crippen LogP contribution in [0.4, 0.5) is 5.69 Å². The van der Waals surface area contributed by atoms with E-state index in [9.17, 15) is 13.2 Å². The second-order valence-electron chi connectivity index (χ2n) is 8.19. The molecule has 0 spiro atoms. The van der Waals surface area contributed by atoms with Crippen LogP contribution in [0.5, 0.6) is 5.75 Å². The van der Waals surface area contributed by atoms with E-state index in [4.69, 9.17) is 4.74 Å². The van der Waals surface area contributed by atoms with Crippen molar-refractivity contribution < 1.29 is 17.9 Å². The Bertz CT molecular complexity index is 1190. The van der Waals surface area contributed by atoms with Gasteiger partial charge < -0.3 is 10.1 Å². The number of hydrogen-bond acceptors (Lipinski definition) is 4. The standard InChI is InChI=1S/C27H32N2O4S/c1-5-26(22-11-7-20(3)8-12-22)28-27(30)19-29(23-13-15-24(16-14-23)33-6-2)34(31,32)25-17-9-21(4)10-18-25/h7-18,26H,5-6,19H2,1-4H3,(H,28,30). The Morgan fingerprint density at radius 3 is 1.97 bits per heavy atom. The molecule has 0 bridgehead atoms. The van der Waals surface area contributed by atoms with Crippen molar-refractivity contribution in [3.63, 3.8) is 0 Å². The minimum atomic E-state index is -3.97. The van der Waals surface area contributed by atoms with E-state index >= 15 is 0 Å². The zero-order valence-electron chi connectivity index (χ0n) is 20.1. The number of sulfonamides is 1. The first-order valence-electron chi connectivity index (χ1n) is 11.4. The monoisotopic (exact) mass is 480 g/mol. The van der Waals surface area contributed by atoms with Gasteiger partial charge in [-0.3, -0.25) is 9.10 Å². The summed E-state index contributed by atoms with van der Waals surface area (Å²) in [6.07, 6.45) is 0.683. The molecule has 0 radical (unpaired) electrons. The molecule has 7 heteroatoms. The average molecular weight is 481 g/mol. The van der Waals surface area contributed by atoms with Crippen LogP contribution in [-0.4, -0.2) is 27.5 Å². The minimum Gasteiger partial charge on any atom is -0.494 e. The molecule has 34 heavy (non-hydrogen) atoms. The van der Waals surface area contributed by atoms with Gasteiger partial charge in [-0.2, -0.15) is 0 Å². The molecule has 0 aliphatic rings. The molecule has 3 rings (SSSR count). The third-order valence-corrected chi connectivity index (χ3v) is 7.34. The first kappa shape index (κ1) is 25.3.